The molecule has 0 fully saturated rings. The third-order valence-corrected chi connectivity index (χ3v) is 7.57. The molecular weight excluding hydrogens is 498 g/mol. The van der Waals surface area contributed by atoms with E-state index in [4.69, 9.17) is 0 Å². The Kier molecular flexibility index (Phi) is 6.43. The Hall–Kier alpha value is -4.18. The molecule has 1 aliphatic rings. The molecule has 3 amide bonds. The van der Waals surface area contributed by atoms with E-state index < -0.39 is 35.4 Å². The number of aromatic amines is 1. The number of aryl methyl sites for hydroxylation is 2. The summed E-state index contributed by atoms with van der Waals surface area (Å²) in [6.07, 6.45) is 1.78. The molecule has 188 valence electrons. The summed E-state index contributed by atoms with van der Waals surface area (Å²) in [4.78, 5) is 41.6. The van der Waals surface area contributed by atoms with Crippen LogP contribution in [0.3, 0.4) is 0 Å². The van der Waals surface area contributed by atoms with Gasteiger partial charge in [0.1, 0.15) is 0 Å². The van der Waals surface area contributed by atoms with Gasteiger partial charge < -0.3 is 5.32 Å². The van der Waals surface area contributed by atoms with Crippen molar-refractivity contribution in [1.82, 2.24) is 20.4 Å². The van der Waals surface area contributed by atoms with Crippen LogP contribution in [0.25, 0.3) is 10.4 Å². The fraction of sp³-hybridized carbons (Fsp3) is 0.185. The average Bonchev–Trinajstić information content (AvgIpc) is 3.54. The van der Waals surface area contributed by atoms with Crippen molar-refractivity contribution in [1.29, 1.82) is 0 Å². The van der Waals surface area contributed by atoms with Crippen LogP contribution in [-0.2, 0) is 6.42 Å². The van der Waals surface area contributed by atoms with E-state index in [0.29, 0.717) is 21.6 Å². The van der Waals surface area contributed by atoms with Crippen molar-refractivity contribution in [2.75, 3.05) is 6.54 Å². The molecule has 37 heavy (non-hydrogen) atoms. The summed E-state index contributed by atoms with van der Waals surface area (Å²) in [7, 11) is 0. The maximum Gasteiger partial charge on any atom is 0.261 e. The molecule has 0 saturated heterocycles. The van der Waals surface area contributed by atoms with E-state index in [9.17, 15) is 23.2 Å². The number of fused-ring (bicyclic) bond motifs is 1. The van der Waals surface area contributed by atoms with Crippen molar-refractivity contribution in [3.8, 4) is 10.4 Å². The first-order valence-corrected chi connectivity index (χ1v) is 12.4. The summed E-state index contributed by atoms with van der Waals surface area (Å²) < 4.78 is 27.4. The fourth-order valence-electron chi connectivity index (χ4n) is 4.44. The number of thiophene rings is 1. The number of imide groups is 1. The van der Waals surface area contributed by atoms with Crippen LogP contribution in [-0.4, -0.2) is 45.4 Å². The van der Waals surface area contributed by atoms with Crippen LogP contribution in [0, 0.1) is 25.5 Å². The maximum absolute atomic E-state index is 13.9. The average molecular weight is 521 g/mol. The number of amides is 3. The first-order chi connectivity index (χ1) is 17.7. The maximum atomic E-state index is 13.9. The molecule has 0 saturated carbocycles. The summed E-state index contributed by atoms with van der Waals surface area (Å²) in [5.74, 6) is -3.33. The van der Waals surface area contributed by atoms with Gasteiger partial charge in [-0.05, 0) is 61.7 Å². The molecule has 1 aliphatic heterocycles. The molecule has 0 radical (unpaired) electrons. The van der Waals surface area contributed by atoms with Crippen LogP contribution >= 0.6 is 11.3 Å². The normalized spacial score (nSPS) is 13.7. The molecular formula is C27H22F2N4O3S. The lowest BCUT2D eigenvalue weighted by Gasteiger charge is -2.24. The second kappa shape index (κ2) is 9.70. The van der Waals surface area contributed by atoms with Crippen LogP contribution in [0.15, 0.2) is 54.7 Å². The van der Waals surface area contributed by atoms with E-state index in [1.54, 1.807) is 36.5 Å². The SMILES string of the molecule is Cc1cc(C(=O)N[C@@H](Cc2ccc(F)c(F)c2)CN2C(=O)c3ccccc3C2=O)sc1-c1cn[nH]c1C. The van der Waals surface area contributed by atoms with E-state index in [1.165, 1.54) is 17.4 Å². The van der Waals surface area contributed by atoms with Gasteiger partial charge in [0.05, 0.1) is 28.2 Å². The molecule has 0 unspecified atom stereocenters. The van der Waals surface area contributed by atoms with Gasteiger partial charge >= 0.3 is 0 Å². The Morgan fingerprint density at radius 3 is 2.35 bits per heavy atom. The Bertz CT molecular complexity index is 1510. The molecule has 4 aromatic rings. The molecule has 7 nitrogen and oxygen atoms in total. The molecule has 2 aromatic heterocycles. The first kappa shape index (κ1) is 24.5. The van der Waals surface area contributed by atoms with E-state index in [1.807, 2.05) is 13.8 Å². The lowest BCUT2D eigenvalue weighted by atomic mass is 10.0. The van der Waals surface area contributed by atoms with Crippen LogP contribution in [0.5, 0.6) is 0 Å². The van der Waals surface area contributed by atoms with E-state index >= 15 is 0 Å². The molecule has 0 bridgehead atoms. The number of carbonyl (C=O) groups excluding carboxylic acids is 3. The minimum absolute atomic E-state index is 0.0778. The summed E-state index contributed by atoms with van der Waals surface area (Å²) >= 11 is 1.30. The first-order valence-electron chi connectivity index (χ1n) is 11.5. The molecule has 0 aliphatic carbocycles. The Morgan fingerprint density at radius 1 is 1.03 bits per heavy atom. The molecule has 1 atom stereocenters. The van der Waals surface area contributed by atoms with Gasteiger partial charge in [0.25, 0.3) is 17.7 Å². The molecule has 10 heteroatoms. The number of H-pyrrole nitrogens is 1. The summed E-state index contributed by atoms with van der Waals surface area (Å²) in [6, 6.07) is 11.0. The van der Waals surface area contributed by atoms with Gasteiger partial charge in [-0.15, -0.1) is 11.3 Å². The Morgan fingerprint density at radius 2 is 1.73 bits per heavy atom. The van der Waals surface area contributed by atoms with Crippen LogP contribution in [0.1, 0.15) is 47.2 Å². The van der Waals surface area contributed by atoms with Gasteiger partial charge in [-0.2, -0.15) is 5.10 Å². The van der Waals surface area contributed by atoms with Gasteiger partial charge in [-0.1, -0.05) is 18.2 Å². The topological polar surface area (TPSA) is 95.2 Å². The standard InChI is InChI=1S/C27H22F2N4O3S/c1-14-9-23(37-24(14)20-12-30-32-15(20)2)25(34)31-17(10-16-7-8-21(28)22(29)11-16)13-33-26(35)18-5-3-4-6-19(18)27(33)36/h3-9,11-12,17H,10,13H2,1-2H3,(H,30,32)(H,31,34)/t17-/m0/s1. The smallest absolute Gasteiger partial charge is 0.261 e. The highest BCUT2D eigenvalue weighted by atomic mass is 32.1. The van der Waals surface area contributed by atoms with E-state index in [0.717, 1.165) is 38.7 Å². The van der Waals surface area contributed by atoms with Crippen molar-refractivity contribution in [2.24, 2.45) is 0 Å². The van der Waals surface area contributed by atoms with Crippen molar-refractivity contribution < 1.29 is 23.2 Å². The lowest BCUT2D eigenvalue weighted by Crippen LogP contribution is -2.46. The van der Waals surface area contributed by atoms with Crippen LogP contribution < -0.4 is 5.32 Å². The molecule has 2 aromatic carbocycles. The van der Waals surface area contributed by atoms with E-state index in [2.05, 4.69) is 15.5 Å². The van der Waals surface area contributed by atoms with Crippen LogP contribution in [0.2, 0.25) is 0 Å². The summed E-state index contributed by atoms with van der Waals surface area (Å²) in [5.41, 5.74) is 3.67. The molecule has 3 heterocycles. The third kappa shape index (κ3) is 4.67. The molecule has 0 spiro atoms. The number of carbonyl (C=O) groups is 3. The highest BCUT2D eigenvalue weighted by molar-refractivity contribution is 7.17. The predicted octanol–water partition coefficient (Wildman–Crippen LogP) is 4.67. The lowest BCUT2D eigenvalue weighted by molar-refractivity contribution is 0.0629. The predicted molar refractivity (Wildman–Crippen MR) is 134 cm³/mol. The summed E-state index contributed by atoms with van der Waals surface area (Å²) in [5, 5.41) is 9.83. The zero-order chi connectivity index (χ0) is 26.3. The highest BCUT2D eigenvalue weighted by Gasteiger charge is 2.37. The second-order valence-electron chi connectivity index (χ2n) is 8.92. The third-order valence-electron chi connectivity index (χ3n) is 6.30. The van der Waals surface area contributed by atoms with Gasteiger partial charge in [0, 0.05) is 22.7 Å². The summed E-state index contributed by atoms with van der Waals surface area (Å²) in [6.45, 7) is 3.66. The fourth-order valence-corrected chi connectivity index (χ4v) is 5.58. The van der Waals surface area contributed by atoms with Gasteiger partial charge in [0.15, 0.2) is 11.6 Å². The number of nitrogens with zero attached hydrogens (tertiary/aromatic N) is 2. The largest absolute Gasteiger partial charge is 0.346 e. The zero-order valence-corrected chi connectivity index (χ0v) is 20.8. The van der Waals surface area contributed by atoms with Crippen molar-refractivity contribution in [2.45, 2.75) is 26.3 Å². The molecule has 2 N–H and O–H groups in total. The highest BCUT2D eigenvalue weighted by Crippen LogP contribution is 2.33. The van der Waals surface area contributed by atoms with Gasteiger partial charge in [0.2, 0.25) is 0 Å². The van der Waals surface area contributed by atoms with Gasteiger partial charge in [-0.3, -0.25) is 24.4 Å². The van der Waals surface area contributed by atoms with Crippen molar-refractivity contribution in [3.63, 3.8) is 0 Å². The number of hydrogen-bond acceptors (Lipinski definition) is 5. The number of benzene rings is 2. The van der Waals surface area contributed by atoms with Crippen molar-refractivity contribution in [3.05, 3.63) is 99.2 Å². The minimum atomic E-state index is -1.02. The minimum Gasteiger partial charge on any atom is -0.346 e. The monoisotopic (exact) mass is 520 g/mol. The number of aromatic nitrogens is 2. The number of rotatable bonds is 7. The van der Waals surface area contributed by atoms with E-state index in [-0.39, 0.29) is 13.0 Å². The van der Waals surface area contributed by atoms with Gasteiger partial charge in [-0.25, -0.2) is 8.78 Å². The number of nitrogens with one attached hydrogen (secondary N) is 2. The Labute approximate surface area is 215 Å². The Balaban J connectivity index is 1.41. The van der Waals surface area contributed by atoms with Crippen molar-refractivity contribution >= 4 is 29.1 Å². The zero-order valence-electron chi connectivity index (χ0n) is 20.0. The number of halogens is 2. The second-order valence-corrected chi connectivity index (χ2v) is 9.97. The number of hydrogen-bond donors (Lipinski definition) is 2. The van der Waals surface area contributed by atoms with Crippen LogP contribution in [0.4, 0.5) is 8.78 Å². The quantitative estimate of drug-likeness (QED) is 0.346. The molecule has 5 rings (SSSR count).